The molecule has 0 radical (unpaired) electrons. The molecule has 0 aliphatic rings. The molecule has 1 atom stereocenters. The Morgan fingerprint density at radius 2 is 2.31 bits per heavy atom. The fourth-order valence-corrected chi connectivity index (χ4v) is 1.01. The number of hydrogen-bond donors (Lipinski definition) is 1. The van der Waals surface area contributed by atoms with Gasteiger partial charge in [-0.3, -0.25) is 15.1 Å². The maximum atomic E-state index is 10.4. The monoisotopic (exact) mass is 181 g/mol. The molecule has 70 valence electrons. The quantitative estimate of drug-likeness (QED) is 0.551. The first-order valence-corrected chi connectivity index (χ1v) is 3.89. The van der Waals surface area contributed by atoms with Gasteiger partial charge in [-0.05, 0) is 19.9 Å². The van der Waals surface area contributed by atoms with Crippen molar-refractivity contribution in [1.29, 1.82) is 0 Å². The van der Waals surface area contributed by atoms with E-state index in [9.17, 15) is 10.1 Å². The van der Waals surface area contributed by atoms with Gasteiger partial charge in [0.25, 0.3) is 5.69 Å². The number of nitrogens with zero attached hydrogens (tertiary/aromatic N) is 2. The Hall–Kier alpha value is -1.49. The van der Waals surface area contributed by atoms with Gasteiger partial charge in [0.15, 0.2) is 0 Å². The lowest BCUT2D eigenvalue weighted by Crippen LogP contribution is -2.08. The molecule has 1 rings (SSSR count). The summed E-state index contributed by atoms with van der Waals surface area (Å²) in [5, 5.41) is 10.4. The molecule has 0 aromatic carbocycles. The highest BCUT2D eigenvalue weighted by Crippen LogP contribution is 2.18. The van der Waals surface area contributed by atoms with Crippen LogP contribution in [-0.2, 0) is 0 Å². The van der Waals surface area contributed by atoms with Gasteiger partial charge < -0.3 is 5.73 Å². The second-order valence-corrected chi connectivity index (χ2v) is 2.94. The zero-order valence-electron chi connectivity index (χ0n) is 7.52. The van der Waals surface area contributed by atoms with E-state index in [-0.39, 0.29) is 11.7 Å². The van der Waals surface area contributed by atoms with Crippen LogP contribution in [0.5, 0.6) is 0 Å². The van der Waals surface area contributed by atoms with Gasteiger partial charge in [-0.15, -0.1) is 0 Å². The van der Waals surface area contributed by atoms with E-state index in [0.717, 1.165) is 0 Å². The normalized spacial score (nSPS) is 12.5. The maximum Gasteiger partial charge on any atom is 0.290 e. The van der Waals surface area contributed by atoms with Gasteiger partial charge in [-0.25, -0.2) is 0 Å². The molecule has 1 heterocycles. The molecule has 0 aliphatic heterocycles. The molecule has 0 aliphatic carbocycles. The third-order valence-corrected chi connectivity index (χ3v) is 1.77. The summed E-state index contributed by atoms with van der Waals surface area (Å²) >= 11 is 0. The van der Waals surface area contributed by atoms with Crippen LogP contribution >= 0.6 is 0 Å². The van der Waals surface area contributed by atoms with Gasteiger partial charge in [0.1, 0.15) is 6.20 Å². The van der Waals surface area contributed by atoms with Crippen molar-refractivity contribution in [3.8, 4) is 0 Å². The number of hydrogen-bond acceptors (Lipinski definition) is 4. The predicted molar refractivity (Wildman–Crippen MR) is 48.2 cm³/mol. The van der Waals surface area contributed by atoms with Crippen molar-refractivity contribution in [2.45, 2.75) is 19.9 Å². The van der Waals surface area contributed by atoms with E-state index in [1.54, 1.807) is 19.9 Å². The number of nitrogens with two attached hydrogens (primary N) is 1. The van der Waals surface area contributed by atoms with E-state index < -0.39 is 4.92 Å². The fourth-order valence-electron chi connectivity index (χ4n) is 1.01. The molecule has 5 nitrogen and oxygen atoms in total. The van der Waals surface area contributed by atoms with Crippen molar-refractivity contribution in [3.05, 3.63) is 33.6 Å². The summed E-state index contributed by atoms with van der Waals surface area (Å²) in [5.74, 6) is 0. The van der Waals surface area contributed by atoms with E-state index in [2.05, 4.69) is 4.98 Å². The smallest absolute Gasteiger partial charge is 0.290 e. The number of pyridine rings is 1. The first kappa shape index (κ1) is 9.60. The average Bonchev–Trinajstić information content (AvgIpc) is 2.03. The minimum atomic E-state index is -0.451. The lowest BCUT2D eigenvalue weighted by molar-refractivity contribution is -0.385. The van der Waals surface area contributed by atoms with Crippen molar-refractivity contribution < 1.29 is 4.92 Å². The van der Waals surface area contributed by atoms with Crippen LogP contribution in [0.4, 0.5) is 5.69 Å². The largest absolute Gasteiger partial charge is 0.323 e. The molecule has 0 saturated heterocycles. The number of aryl methyl sites for hydroxylation is 1. The Labute approximate surface area is 75.7 Å². The van der Waals surface area contributed by atoms with E-state index in [0.29, 0.717) is 11.3 Å². The minimum absolute atomic E-state index is 0.0319. The molecule has 0 amide bonds. The highest BCUT2D eigenvalue weighted by atomic mass is 16.6. The topological polar surface area (TPSA) is 82.0 Å². The van der Waals surface area contributed by atoms with Crippen molar-refractivity contribution >= 4 is 5.69 Å². The standard InChI is InChI=1S/C8H11N3O2/c1-5-3-7(6(2)9)10-4-8(5)11(12)13/h3-4,6H,9H2,1-2H3. The summed E-state index contributed by atoms with van der Waals surface area (Å²) in [6.45, 7) is 3.46. The van der Waals surface area contributed by atoms with Gasteiger partial charge in [0.2, 0.25) is 0 Å². The van der Waals surface area contributed by atoms with Crippen molar-refractivity contribution in [1.82, 2.24) is 4.98 Å². The molecule has 0 spiro atoms. The molecule has 1 aromatic heterocycles. The van der Waals surface area contributed by atoms with Crippen LogP contribution in [0.1, 0.15) is 24.2 Å². The summed E-state index contributed by atoms with van der Waals surface area (Å²) in [4.78, 5) is 13.9. The number of nitro groups is 1. The Balaban J connectivity index is 3.13. The summed E-state index contributed by atoms with van der Waals surface area (Å²) in [6.07, 6.45) is 1.24. The fraction of sp³-hybridized carbons (Fsp3) is 0.375. The highest BCUT2D eigenvalue weighted by molar-refractivity contribution is 5.37. The number of aromatic nitrogens is 1. The van der Waals surface area contributed by atoms with Crippen molar-refractivity contribution in [2.75, 3.05) is 0 Å². The van der Waals surface area contributed by atoms with Gasteiger partial charge in [0, 0.05) is 11.6 Å². The molecule has 0 fully saturated rings. The van der Waals surface area contributed by atoms with E-state index in [1.807, 2.05) is 0 Å². The van der Waals surface area contributed by atoms with E-state index in [4.69, 9.17) is 5.73 Å². The Bertz CT molecular complexity index is 336. The molecule has 1 aromatic rings. The SMILES string of the molecule is Cc1cc(C(C)N)ncc1[N+](=O)[O-]. The first-order valence-electron chi connectivity index (χ1n) is 3.89. The molecule has 1 unspecified atom stereocenters. The molecular formula is C8H11N3O2. The zero-order valence-corrected chi connectivity index (χ0v) is 7.52. The van der Waals surface area contributed by atoms with E-state index >= 15 is 0 Å². The third-order valence-electron chi connectivity index (χ3n) is 1.77. The van der Waals surface area contributed by atoms with Gasteiger partial charge in [-0.1, -0.05) is 0 Å². The van der Waals surface area contributed by atoms with Gasteiger partial charge in [0.05, 0.1) is 10.6 Å². The van der Waals surface area contributed by atoms with Crippen molar-refractivity contribution in [3.63, 3.8) is 0 Å². The van der Waals surface area contributed by atoms with Crippen LogP contribution in [0.25, 0.3) is 0 Å². The summed E-state index contributed by atoms with van der Waals surface area (Å²) in [7, 11) is 0. The lowest BCUT2D eigenvalue weighted by Gasteiger charge is -2.04. The highest BCUT2D eigenvalue weighted by Gasteiger charge is 2.12. The van der Waals surface area contributed by atoms with Crippen LogP contribution < -0.4 is 5.73 Å². The predicted octanol–water partition coefficient (Wildman–Crippen LogP) is 1.32. The molecule has 0 saturated carbocycles. The Kier molecular flexibility index (Phi) is 2.57. The Morgan fingerprint density at radius 3 is 2.69 bits per heavy atom. The second-order valence-electron chi connectivity index (χ2n) is 2.94. The molecule has 2 N–H and O–H groups in total. The number of rotatable bonds is 2. The average molecular weight is 181 g/mol. The third kappa shape index (κ3) is 2.00. The maximum absolute atomic E-state index is 10.4. The van der Waals surface area contributed by atoms with Crippen molar-refractivity contribution in [2.24, 2.45) is 5.73 Å². The summed E-state index contributed by atoms with van der Waals surface area (Å²) in [5.41, 5.74) is 6.87. The molecular weight excluding hydrogens is 170 g/mol. The van der Waals surface area contributed by atoms with Gasteiger partial charge >= 0.3 is 0 Å². The second kappa shape index (κ2) is 3.49. The first-order chi connectivity index (χ1) is 6.02. The molecule has 13 heavy (non-hydrogen) atoms. The van der Waals surface area contributed by atoms with Crippen LogP contribution in [0.3, 0.4) is 0 Å². The van der Waals surface area contributed by atoms with Crippen LogP contribution in [-0.4, -0.2) is 9.91 Å². The summed E-state index contributed by atoms with van der Waals surface area (Å²) in [6, 6.07) is 1.45. The van der Waals surface area contributed by atoms with E-state index in [1.165, 1.54) is 6.20 Å². The minimum Gasteiger partial charge on any atom is -0.323 e. The molecule has 0 bridgehead atoms. The summed E-state index contributed by atoms with van der Waals surface area (Å²) < 4.78 is 0. The lowest BCUT2D eigenvalue weighted by atomic mass is 10.1. The van der Waals surface area contributed by atoms with Gasteiger partial charge in [-0.2, -0.15) is 0 Å². The van der Waals surface area contributed by atoms with Crippen LogP contribution in [0, 0.1) is 17.0 Å². The van der Waals surface area contributed by atoms with Crippen LogP contribution in [0.2, 0.25) is 0 Å². The Morgan fingerprint density at radius 1 is 1.69 bits per heavy atom. The van der Waals surface area contributed by atoms with Crippen LogP contribution in [0.15, 0.2) is 12.3 Å². The zero-order chi connectivity index (χ0) is 10.0. The molecule has 5 heteroatoms.